The van der Waals surface area contributed by atoms with Crippen molar-refractivity contribution in [3.8, 4) is 0 Å². The Morgan fingerprint density at radius 3 is 2.71 bits per heavy atom. The van der Waals surface area contributed by atoms with Gasteiger partial charge in [-0.1, -0.05) is 0 Å². The second-order valence-corrected chi connectivity index (χ2v) is 10.2. The van der Waals surface area contributed by atoms with Crippen molar-refractivity contribution in [3.05, 3.63) is 11.6 Å². The lowest BCUT2D eigenvalue weighted by Gasteiger charge is -2.24. The van der Waals surface area contributed by atoms with Gasteiger partial charge in [-0.15, -0.1) is 0 Å². The summed E-state index contributed by atoms with van der Waals surface area (Å²) in [6, 6.07) is 0.106. The van der Waals surface area contributed by atoms with Gasteiger partial charge >= 0.3 is 7.60 Å². The standard InChI is InChI=1S/C17H25ClN5O7P/c1-8(2)20-13-10-14(22-16(18)21-13)23(6-19-10)15-12-11(29-17(3,4)30-12)9(28-15)5-27-7-31(24,25)26/h6,8-9,11-12,15H,5,7H2,1-4H3,(H,20,21,22)(H2,24,25,26)/t9-,11-,12-,15-/m1/s1. The maximum absolute atomic E-state index is 11.1. The van der Waals surface area contributed by atoms with Gasteiger partial charge in [-0.25, -0.2) is 4.98 Å². The fourth-order valence-corrected chi connectivity index (χ4v) is 4.26. The second-order valence-electron chi connectivity index (χ2n) is 8.26. The Bertz CT molecular complexity index is 1010. The maximum atomic E-state index is 11.1. The van der Waals surface area contributed by atoms with Crippen molar-refractivity contribution >= 4 is 36.2 Å². The van der Waals surface area contributed by atoms with E-state index in [0.717, 1.165) is 0 Å². The number of aromatic nitrogens is 4. The Labute approximate surface area is 183 Å². The van der Waals surface area contributed by atoms with Gasteiger partial charge in [-0.3, -0.25) is 9.13 Å². The van der Waals surface area contributed by atoms with Crippen LogP contribution in [0.1, 0.15) is 33.9 Å². The Balaban J connectivity index is 1.65. The van der Waals surface area contributed by atoms with E-state index >= 15 is 0 Å². The van der Waals surface area contributed by atoms with Gasteiger partial charge in [0, 0.05) is 6.04 Å². The van der Waals surface area contributed by atoms with E-state index in [1.54, 1.807) is 24.7 Å². The summed E-state index contributed by atoms with van der Waals surface area (Å²) in [5.74, 6) is -0.365. The van der Waals surface area contributed by atoms with E-state index in [9.17, 15) is 4.57 Å². The molecule has 31 heavy (non-hydrogen) atoms. The van der Waals surface area contributed by atoms with Crippen molar-refractivity contribution in [2.75, 3.05) is 18.3 Å². The van der Waals surface area contributed by atoms with Gasteiger partial charge < -0.3 is 34.1 Å². The average molecular weight is 478 g/mol. The molecule has 0 spiro atoms. The molecule has 0 aromatic carbocycles. The van der Waals surface area contributed by atoms with Crippen LogP contribution in [0.25, 0.3) is 11.2 Å². The largest absolute Gasteiger partial charge is 0.366 e. The number of rotatable bonds is 7. The third-order valence-electron chi connectivity index (χ3n) is 4.76. The van der Waals surface area contributed by atoms with Gasteiger partial charge in [0.2, 0.25) is 5.28 Å². The minimum Gasteiger partial charge on any atom is -0.366 e. The van der Waals surface area contributed by atoms with E-state index in [0.29, 0.717) is 17.0 Å². The Hall–Kier alpha value is -1.37. The van der Waals surface area contributed by atoms with E-state index in [1.807, 2.05) is 13.8 Å². The average Bonchev–Trinajstić information content (AvgIpc) is 3.25. The van der Waals surface area contributed by atoms with Crippen LogP contribution >= 0.6 is 19.2 Å². The molecule has 0 unspecified atom stereocenters. The molecule has 4 atom stereocenters. The number of hydrogen-bond acceptors (Lipinski definition) is 9. The summed E-state index contributed by atoms with van der Waals surface area (Å²) in [5, 5.41) is 3.25. The highest BCUT2D eigenvalue weighted by Crippen LogP contribution is 2.44. The van der Waals surface area contributed by atoms with Crippen LogP contribution in [0, 0.1) is 0 Å². The predicted octanol–water partition coefficient (Wildman–Crippen LogP) is 1.87. The molecule has 2 aliphatic heterocycles. The molecule has 12 nitrogen and oxygen atoms in total. The Kier molecular flexibility index (Phi) is 6.03. The van der Waals surface area contributed by atoms with Crippen LogP contribution in [-0.4, -0.2) is 72.4 Å². The summed E-state index contributed by atoms with van der Waals surface area (Å²) in [6.07, 6.45) is -1.47. The number of nitrogens with zero attached hydrogens (tertiary/aromatic N) is 4. The van der Waals surface area contributed by atoms with Crippen molar-refractivity contribution in [1.29, 1.82) is 0 Å². The van der Waals surface area contributed by atoms with Crippen LogP contribution in [0.5, 0.6) is 0 Å². The van der Waals surface area contributed by atoms with Gasteiger partial charge in [0.25, 0.3) is 0 Å². The first-order chi connectivity index (χ1) is 14.4. The highest BCUT2D eigenvalue weighted by Gasteiger charge is 2.56. The van der Waals surface area contributed by atoms with Gasteiger partial charge in [0.05, 0.1) is 12.9 Å². The molecule has 2 aromatic rings. The topological polar surface area (TPSA) is 150 Å². The monoisotopic (exact) mass is 477 g/mol. The second kappa shape index (κ2) is 8.20. The van der Waals surface area contributed by atoms with Crippen LogP contribution in [0.15, 0.2) is 6.33 Å². The minimum absolute atomic E-state index is 0.0531. The van der Waals surface area contributed by atoms with Crippen LogP contribution in [0.4, 0.5) is 5.82 Å². The van der Waals surface area contributed by atoms with Crippen LogP contribution in [-0.2, 0) is 23.5 Å². The zero-order valence-corrected chi connectivity index (χ0v) is 19.1. The Morgan fingerprint density at radius 2 is 2.03 bits per heavy atom. The number of halogens is 1. The molecular formula is C17H25ClN5O7P. The van der Waals surface area contributed by atoms with Crippen LogP contribution in [0.2, 0.25) is 5.28 Å². The first kappa shape index (κ1) is 22.8. The molecule has 0 amide bonds. The van der Waals surface area contributed by atoms with Gasteiger partial charge in [-0.05, 0) is 39.3 Å². The Morgan fingerprint density at radius 1 is 1.32 bits per heavy atom. The molecule has 3 N–H and O–H groups in total. The van der Waals surface area contributed by atoms with Crippen molar-refractivity contribution < 1.29 is 33.3 Å². The molecule has 2 fully saturated rings. The van der Waals surface area contributed by atoms with Crippen molar-refractivity contribution in [2.45, 2.75) is 64.1 Å². The zero-order chi connectivity index (χ0) is 22.6. The number of anilines is 1. The highest BCUT2D eigenvalue weighted by molar-refractivity contribution is 7.51. The molecule has 0 saturated carbocycles. The predicted molar refractivity (Wildman–Crippen MR) is 110 cm³/mol. The fourth-order valence-electron chi connectivity index (χ4n) is 3.76. The van der Waals surface area contributed by atoms with Crippen LogP contribution < -0.4 is 5.32 Å². The first-order valence-electron chi connectivity index (χ1n) is 9.73. The molecule has 4 rings (SSSR count). The van der Waals surface area contributed by atoms with Gasteiger partial charge in [0.15, 0.2) is 29.0 Å². The van der Waals surface area contributed by atoms with Gasteiger partial charge in [-0.2, -0.15) is 9.97 Å². The van der Waals surface area contributed by atoms with Crippen molar-refractivity contribution in [2.24, 2.45) is 0 Å². The first-order valence-corrected chi connectivity index (χ1v) is 11.9. The van der Waals surface area contributed by atoms with Crippen molar-refractivity contribution in [3.63, 3.8) is 0 Å². The third-order valence-corrected chi connectivity index (χ3v) is 5.45. The maximum Gasteiger partial charge on any atom is 0.350 e. The molecule has 172 valence electrons. The smallest absolute Gasteiger partial charge is 0.350 e. The number of nitrogens with one attached hydrogen (secondary N) is 1. The summed E-state index contributed by atoms with van der Waals surface area (Å²) in [5.41, 5.74) is 0.981. The third kappa shape index (κ3) is 4.86. The highest BCUT2D eigenvalue weighted by atomic mass is 35.5. The number of ether oxygens (including phenoxy) is 4. The number of imidazole rings is 1. The summed E-state index contributed by atoms with van der Waals surface area (Å²) in [4.78, 5) is 31.1. The lowest BCUT2D eigenvalue weighted by molar-refractivity contribution is -0.201. The molecule has 4 heterocycles. The number of fused-ring (bicyclic) bond motifs is 2. The van der Waals surface area contributed by atoms with E-state index in [2.05, 4.69) is 20.3 Å². The molecule has 0 radical (unpaired) electrons. The molecule has 14 heteroatoms. The summed E-state index contributed by atoms with van der Waals surface area (Å²) < 4.78 is 36.2. The van der Waals surface area contributed by atoms with Crippen LogP contribution in [0.3, 0.4) is 0 Å². The fraction of sp³-hybridized carbons (Fsp3) is 0.706. The summed E-state index contributed by atoms with van der Waals surface area (Å²) in [6.45, 7) is 7.43. The number of hydrogen-bond donors (Lipinski definition) is 3. The quantitative estimate of drug-likeness (QED) is 0.396. The van der Waals surface area contributed by atoms with Gasteiger partial charge in [0.1, 0.15) is 24.7 Å². The van der Waals surface area contributed by atoms with E-state index in [-0.39, 0.29) is 17.9 Å². The molecule has 2 aliphatic rings. The molecule has 2 aromatic heterocycles. The molecule has 2 saturated heterocycles. The van der Waals surface area contributed by atoms with E-state index < -0.39 is 44.3 Å². The van der Waals surface area contributed by atoms with E-state index in [1.165, 1.54) is 0 Å². The SMILES string of the molecule is CC(C)Nc1nc(Cl)nc2c1ncn2[C@@H]1O[C@H](COCP(=O)(O)O)[C@H]2OC(C)(C)O[C@H]21. The lowest BCUT2D eigenvalue weighted by atomic mass is 10.1. The van der Waals surface area contributed by atoms with Crippen molar-refractivity contribution in [1.82, 2.24) is 19.5 Å². The summed E-state index contributed by atoms with van der Waals surface area (Å²) in [7, 11) is -4.30. The lowest BCUT2D eigenvalue weighted by Crippen LogP contribution is -2.33. The molecule has 0 aliphatic carbocycles. The molecule has 0 bridgehead atoms. The molecular weight excluding hydrogens is 453 g/mol. The summed E-state index contributed by atoms with van der Waals surface area (Å²) >= 11 is 6.15. The minimum atomic E-state index is -4.30. The zero-order valence-electron chi connectivity index (χ0n) is 17.4. The van der Waals surface area contributed by atoms with E-state index in [4.69, 9.17) is 40.3 Å². The normalized spacial score (nSPS) is 27.9.